The summed E-state index contributed by atoms with van der Waals surface area (Å²) in [6.45, 7) is 4.48. The maximum atomic E-state index is 12.7. The highest BCUT2D eigenvalue weighted by Crippen LogP contribution is 2.21. The van der Waals surface area contributed by atoms with Crippen LogP contribution in [-0.4, -0.2) is 33.7 Å². The van der Waals surface area contributed by atoms with Gasteiger partial charge in [-0.1, -0.05) is 18.2 Å². The maximum absolute atomic E-state index is 12.7. The second-order valence-corrected chi connectivity index (χ2v) is 8.37. The molecule has 3 rings (SSSR count). The van der Waals surface area contributed by atoms with Gasteiger partial charge >= 0.3 is 5.97 Å². The summed E-state index contributed by atoms with van der Waals surface area (Å²) >= 11 is 0. The van der Waals surface area contributed by atoms with Gasteiger partial charge in [0.15, 0.2) is 0 Å². The Balaban J connectivity index is 1.77. The molecule has 1 saturated heterocycles. The quantitative estimate of drug-likeness (QED) is 0.766. The molecule has 2 aromatic rings. The van der Waals surface area contributed by atoms with E-state index in [2.05, 4.69) is 4.72 Å². The molecule has 1 fully saturated rings. The van der Waals surface area contributed by atoms with E-state index in [1.807, 2.05) is 13.0 Å². The van der Waals surface area contributed by atoms with Crippen LogP contribution in [0.3, 0.4) is 0 Å². The predicted molar refractivity (Wildman–Crippen MR) is 102 cm³/mol. The van der Waals surface area contributed by atoms with Crippen LogP contribution in [0.5, 0.6) is 0 Å². The molecule has 0 amide bonds. The summed E-state index contributed by atoms with van der Waals surface area (Å²) in [5, 5.41) is 0. The summed E-state index contributed by atoms with van der Waals surface area (Å²) in [5.41, 5.74) is 2.30. The van der Waals surface area contributed by atoms with Gasteiger partial charge in [-0.05, 0) is 62.1 Å². The fourth-order valence-corrected chi connectivity index (χ4v) is 4.01. The number of aryl methyl sites for hydroxylation is 2. The van der Waals surface area contributed by atoms with Crippen LogP contribution in [0.15, 0.2) is 47.4 Å². The molecule has 6 nitrogen and oxygen atoms in total. The van der Waals surface area contributed by atoms with Gasteiger partial charge in [0.25, 0.3) is 10.0 Å². The minimum absolute atomic E-state index is 0.0127. The van der Waals surface area contributed by atoms with E-state index < -0.39 is 16.0 Å². The lowest BCUT2D eigenvalue weighted by molar-refractivity contribution is 0.0160. The molecular weight excluding hydrogens is 366 g/mol. The number of hydrogen-bond acceptors (Lipinski definition) is 5. The first-order valence-corrected chi connectivity index (χ1v) is 10.3. The minimum atomic E-state index is -3.82. The molecule has 0 aromatic heterocycles. The summed E-state index contributed by atoms with van der Waals surface area (Å²) in [6.07, 6.45) is 1.74. The average molecular weight is 389 g/mol. The Hall–Kier alpha value is -2.38. The third-order valence-electron chi connectivity index (χ3n) is 4.43. The first kappa shape index (κ1) is 19.4. The molecule has 1 unspecified atom stereocenters. The number of carbonyl (C=O) groups excluding carboxylic acids is 1. The number of rotatable bonds is 6. The van der Waals surface area contributed by atoms with Crippen LogP contribution in [0.1, 0.15) is 34.3 Å². The number of ether oxygens (including phenoxy) is 2. The lowest BCUT2D eigenvalue weighted by Gasteiger charge is -2.13. The van der Waals surface area contributed by atoms with Gasteiger partial charge < -0.3 is 9.47 Å². The molecular formula is C20H23NO5S. The van der Waals surface area contributed by atoms with Crippen molar-refractivity contribution in [2.24, 2.45) is 0 Å². The van der Waals surface area contributed by atoms with Crippen molar-refractivity contribution >= 4 is 21.7 Å². The van der Waals surface area contributed by atoms with Crippen molar-refractivity contribution in [3.8, 4) is 0 Å². The van der Waals surface area contributed by atoms with E-state index >= 15 is 0 Å². The number of sulfonamides is 1. The lowest BCUT2D eigenvalue weighted by atomic mass is 10.1. The summed E-state index contributed by atoms with van der Waals surface area (Å²) in [6, 6.07) is 11.5. The maximum Gasteiger partial charge on any atom is 0.338 e. The van der Waals surface area contributed by atoms with Crippen molar-refractivity contribution in [3.63, 3.8) is 0 Å². The standard InChI is InChI=1S/C20H23NO5S/c1-14-5-3-6-16(11-14)21-27(23,24)18-9-8-15(2)19(12-18)20(22)26-13-17-7-4-10-25-17/h3,5-6,8-9,11-12,17,21H,4,7,10,13H2,1-2H3. The first-order chi connectivity index (χ1) is 12.8. The van der Waals surface area contributed by atoms with Gasteiger partial charge in [-0.2, -0.15) is 0 Å². The monoisotopic (exact) mass is 389 g/mol. The Morgan fingerprint density at radius 2 is 2.04 bits per heavy atom. The molecule has 1 heterocycles. The summed E-state index contributed by atoms with van der Waals surface area (Å²) in [5.74, 6) is -0.546. The molecule has 0 aliphatic carbocycles. The average Bonchev–Trinajstić information content (AvgIpc) is 3.13. The molecule has 2 aromatic carbocycles. The molecule has 7 heteroatoms. The van der Waals surface area contributed by atoms with E-state index in [0.717, 1.165) is 18.4 Å². The van der Waals surface area contributed by atoms with E-state index in [1.54, 1.807) is 31.2 Å². The Kier molecular flexibility index (Phi) is 5.82. The van der Waals surface area contributed by atoms with Crippen LogP contribution < -0.4 is 4.72 Å². The van der Waals surface area contributed by atoms with Crippen molar-refractivity contribution in [3.05, 3.63) is 59.2 Å². The zero-order valence-electron chi connectivity index (χ0n) is 15.4. The van der Waals surface area contributed by atoms with Crippen LogP contribution in [0, 0.1) is 13.8 Å². The normalized spacial score (nSPS) is 16.9. The highest BCUT2D eigenvalue weighted by Gasteiger charge is 2.21. The highest BCUT2D eigenvalue weighted by molar-refractivity contribution is 7.92. The number of anilines is 1. The fourth-order valence-electron chi connectivity index (χ4n) is 2.93. The Bertz CT molecular complexity index is 933. The van der Waals surface area contributed by atoms with Gasteiger partial charge in [0, 0.05) is 12.3 Å². The van der Waals surface area contributed by atoms with Crippen molar-refractivity contribution in [2.45, 2.75) is 37.7 Å². The van der Waals surface area contributed by atoms with Crippen LogP contribution in [-0.2, 0) is 19.5 Å². The molecule has 0 saturated carbocycles. The second-order valence-electron chi connectivity index (χ2n) is 6.69. The molecule has 144 valence electrons. The van der Waals surface area contributed by atoms with Crippen LogP contribution in [0.25, 0.3) is 0 Å². The van der Waals surface area contributed by atoms with Crippen molar-refractivity contribution in [1.29, 1.82) is 0 Å². The molecule has 27 heavy (non-hydrogen) atoms. The van der Waals surface area contributed by atoms with Gasteiger partial charge in [0.05, 0.1) is 16.6 Å². The first-order valence-electron chi connectivity index (χ1n) is 8.84. The molecule has 1 aliphatic heterocycles. The Morgan fingerprint density at radius 1 is 1.22 bits per heavy atom. The van der Waals surface area contributed by atoms with E-state index in [4.69, 9.17) is 9.47 Å². The number of benzene rings is 2. The smallest absolute Gasteiger partial charge is 0.338 e. The predicted octanol–water partition coefficient (Wildman–Crippen LogP) is 3.44. The largest absolute Gasteiger partial charge is 0.459 e. The topological polar surface area (TPSA) is 81.7 Å². The SMILES string of the molecule is Cc1cccc(NS(=O)(=O)c2ccc(C)c(C(=O)OCC3CCCO3)c2)c1. The van der Waals surface area contributed by atoms with Gasteiger partial charge in [-0.25, -0.2) is 13.2 Å². The Labute approximate surface area is 159 Å². The van der Waals surface area contributed by atoms with E-state index in [-0.39, 0.29) is 23.2 Å². The van der Waals surface area contributed by atoms with Crippen molar-refractivity contribution in [2.75, 3.05) is 17.9 Å². The zero-order chi connectivity index (χ0) is 19.4. The van der Waals surface area contributed by atoms with Gasteiger partial charge in [0.1, 0.15) is 6.61 Å². The molecule has 0 bridgehead atoms. The summed E-state index contributed by atoms with van der Waals surface area (Å²) < 4.78 is 38.7. The number of nitrogens with one attached hydrogen (secondary N) is 1. The summed E-state index contributed by atoms with van der Waals surface area (Å²) in [4.78, 5) is 12.4. The third-order valence-corrected chi connectivity index (χ3v) is 5.81. The molecule has 1 atom stereocenters. The van der Waals surface area contributed by atoms with E-state index in [1.165, 1.54) is 12.1 Å². The number of esters is 1. The third kappa shape index (κ3) is 4.87. The Morgan fingerprint density at radius 3 is 2.74 bits per heavy atom. The number of hydrogen-bond donors (Lipinski definition) is 1. The highest BCUT2D eigenvalue weighted by atomic mass is 32.2. The van der Waals surface area contributed by atoms with Crippen LogP contribution in [0.2, 0.25) is 0 Å². The molecule has 1 N–H and O–H groups in total. The van der Waals surface area contributed by atoms with E-state index in [0.29, 0.717) is 17.9 Å². The fraction of sp³-hybridized carbons (Fsp3) is 0.350. The van der Waals surface area contributed by atoms with Crippen molar-refractivity contribution in [1.82, 2.24) is 0 Å². The molecule has 0 spiro atoms. The van der Waals surface area contributed by atoms with Gasteiger partial charge in [-0.15, -0.1) is 0 Å². The number of carbonyl (C=O) groups is 1. The molecule has 1 aliphatic rings. The zero-order valence-corrected chi connectivity index (χ0v) is 16.2. The van der Waals surface area contributed by atoms with Gasteiger partial charge in [0.2, 0.25) is 0 Å². The van der Waals surface area contributed by atoms with Crippen LogP contribution >= 0.6 is 0 Å². The van der Waals surface area contributed by atoms with E-state index in [9.17, 15) is 13.2 Å². The lowest BCUT2D eigenvalue weighted by Crippen LogP contribution is -2.19. The summed E-state index contributed by atoms with van der Waals surface area (Å²) in [7, 11) is -3.82. The minimum Gasteiger partial charge on any atom is -0.459 e. The second kappa shape index (κ2) is 8.10. The van der Waals surface area contributed by atoms with Crippen molar-refractivity contribution < 1.29 is 22.7 Å². The van der Waals surface area contributed by atoms with Crippen LogP contribution in [0.4, 0.5) is 5.69 Å². The van der Waals surface area contributed by atoms with Gasteiger partial charge in [-0.3, -0.25) is 4.72 Å². The molecule has 0 radical (unpaired) electrons.